The van der Waals surface area contributed by atoms with Crippen LogP contribution in [0, 0.1) is 6.92 Å². The number of amides is 1. The molecule has 1 aliphatic heterocycles. The first-order valence-corrected chi connectivity index (χ1v) is 12.0. The Hall–Kier alpha value is -3.10. The van der Waals surface area contributed by atoms with Gasteiger partial charge in [-0.1, -0.05) is 41.1 Å². The molecule has 0 atom stereocenters. The second-order valence-corrected chi connectivity index (χ2v) is 9.48. The summed E-state index contributed by atoms with van der Waals surface area (Å²) < 4.78 is 8.34. The maximum atomic E-state index is 12.8. The molecule has 1 saturated heterocycles. The molecule has 1 amide bonds. The first-order chi connectivity index (χ1) is 16.0. The molecule has 0 radical (unpaired) electrons. The minimum atomic E-state index is -0.138. The van der Waals surface area contributed by atoms with Crippen LogP contribution in [0.1, 0.15) is 28.9 Å². The predicted molar refractivity (Wildman–Crippen MR) is 132 cm³/mol. The van der Waals surface area contributed by atoms with Gasteiger partial charge in [0.05, 0.1) is 28.8 Å². The Morgan fingerprint density at radius 1 is 1.18 bits per heavy atom. The first-order valence-electron chi connectivity index (χ1n) is 10.8. The van der Waals surface area contributed by atoms with E-state index in [1.807, 2.05) is 41.9 Å². The Morgan fingerprint density at radius 3 is 2.67 bits per heavy atom. The fraction of sp³-hybridized carbons (Fsp3) is 0.292. The number of aromatic nitrogens is 3. The minimum Gasteiger partial charge on any atom is -0.496 e. The van der Waals surface area contributed by atoms with Crippen molar-refractivity contribution < 1.29 is 9.53 Å². The number of rotatable bonds is 5. The average molecular weight is 482 g/mol. The van der Waals surface area contributed by atoms with E-state index in [4.69, 9.17) is 21.3 Å². The molecule has 1 aliphatic rings. The zero-order valence-electron chi connectivity index (χ0n) is 18.4. The summed E-state index contributed by atoms with van der Waals surface area (Å²) in [4.78, 5) is 20.0. The number of methoxy groups -OCH3 is 1. The first kappa shape index (κ1) is 21.7. The predicted octanol–water partition coefficient (Wildman–Crippen LogP) is 4.85. The van der Waals surface area contributed by atoms with E-state index in [2.05, 4.69) is 15.3 Å². The highest BCUT2D eigenvalue weighted by Crippen LogP contribution is 2.34. The normalized spacial score (nSPS) is 14.6. The van der Waals surface area contributed by atoms with Gasteiger partial charge >= 0.3 is 0 Å². The van der Waals surface area contributed by atoms with Gasteiger partial charge in [0, 0.05) is 24.2 Å². The molecule has 2 aromatic heterocycles. The Labute approximate surface area is 200 Å². The van der Waals surface area contributed by atoms with E-state index in [0.717, 1.165) is 52.8 Å². The van der Waals surface area contributed by atoms with Gasteiger partial charge in [0.1, 0.15) is 5.75 Å². The van der Waals surface area contributed by atoms with Crippen LogP contribution in [0.5, 0.6) is 5.75 Å². The van der Waals surface area contributed by atoms with Crippen LogP contribution in [0.2, 0.25) is 5.02 Å². The number of nitrogens with one attached hydrogen (secondary N) is 1. The maximum Gasteiger partial charge on any atom is 0.255 e. The van der Waals surface area contributed by atoms with Gasteiger partial charge in [-0.3, -0.25) is 4.79 Å². The number of anilines is 1. The number of fused-ring (bicyclic) bond motifs is 1. The highest BCUT2D eigenvalue weighted by molar-refractivity contribution is 7.22. The van der Waals surface area contributed by atoms with Gasteiger partial charge in [0.2, 0.25) is 0 Å². The number of piperidine rings is 1. The monoisotopic (exact) mass is 481 g/mol. The average Bonchev–Trinajstić information content (AvgIpc) is 3.40. The molecular formula is C24H24ClN5O2S. The minimum absolute atomic E-state index is 0.102. The summed E-state index contributed by atoms with van der Waals surface area (Å²) >= 11 is 7.69. The van der Waals surface area contributed by atoms with E-state index in [-0.39, 0.29) is 11.9 Å². The number of ether oxygens (including phenoxy) is 1. The Morgan fingerprint density at radius 2 is 1.94 bits per heavy atom. The molecule has 4 aromatic rings. The van der Waals surface area contributed by atoms with Gasteiger partial charge in [-0.25, -0.2) is 4.68 Å². The quantitative estimate of drug-likeness (QED) is 0.441. The lowest BCUT2D eigenvalue weighted by Crippen LogP contribution is -2.44. The van der Waals surface area contributed by atoms with Crippen LogP contribution in [0.25, 0.3) is 16.0 Å². The van der Waals surface area contributed by atoms with Crippen LogP contribution >= 0.6 is 22.9 Å². The smallest absolute Gasteiger partial charge is 0.255 e. The fourth-order valence-electron chi connectivity index (χ4n) is 4.14. The van der Waals surface area contributed by atoms with Gasteiger partial charge in [0.15, 0.2) is 10.8 Å². The van der Waals surface area contributed by atoms with Gasteiger partial charge in [-0.2, -0.15) is 10.1 Å². The summed E-state index contributed by atoms with van der Waals surface area (Å²) in [5.74, 6) is 0.343. The standard InChI is InChI=1S/C24H24ClN5O2S/c1-15-21-22(30(28-15)18-6-4-3-5-7-18)27-24(33-21)29-12-10-17(11-13-29)26-23(31)19-9-8-16(25)14-20(19)32-2/h3-9,14,17H,10-13H2,1-2H3,(H,26,31). The summed E-state index contributed by atoms with van der Waals surface area (Å²) in [6, 6.07) is 15.2. The van der Waals surface area contributed by atoms with Gasteiger partial charge in [-0.15, -0.1) is 0 Å². The molecule has 0 spiro atoms. The van der Waals surface area contributed by atoms with Crippen molar-refractivity contribution in [3.05, 3.63) is 64.8 Å². The second kappa shape index (κ2) is 9.03. The van der Waals surface area contributed by atoms with Crippen LogP contribution < -0.4 is 15.0 Å². The number of hydrogen-bond donors (Lipinski definition) is 1. The van der Waals surface area contributed by atoms with Crippen molar-refractivity contribution in [1.82, 2.24) is 20.1 Å². The highest BCUT2D eigenvalue weighted by Gasteiger charge is 2.25. The van der Waals surface area contributed by atoms with Crippen molar-refractivity contribution in [2.45, 2.75) is 25.8 Å². The molecule has 3 heterocycles. The third-order valence-electron chi connectivity index (χ3n) is 5.89. The lowest BCUT2D eigenvalue weighted by Gasteiger charge is -2.32. The third-order valence-corrected chi connectivity index (χ3v) is 7.34. The number of carbonyl (C=O) groups is 1. The molecular weight excluding hydrogens is 458 g/mol. The van der Waals surface area contributed by atoms with E-state index in [1.54, 1.807) is 29.5 Å². The van der Waals surface area contributed by atoms with Crippen LogP contribution in [-0.4, -0.2) is 46.9 Å². The molecule has 1 N–H and O–H groups in total. The molecule has 170 valence electrons. The zero-order valence-corrected chi connectivity index (χ0v) is 20.0. The van der Waals surface area contributed by atoms with Gasteiger partial charge < -0.3 is 15.0 Å². The van der Waals surface area contributed by atoms with Crippen molar-refractivity contribution in [2.75, 3.05) is 25.1 Å². The number of carbonyl (C=O) groups excluding carboxylic acids is 1. The van der Waals surface area contributed by atoms with Crippen molar-refractivity contribution in [3.8, 4) is 11.4 Å². The van der Waals surface area contributed by atoms with Crippen LogP contribution in [0.3, 0.4) is 0 Å². The molecule has 7 nitrogen and oxygen atoms in total. The van der Waals surface area contributed by atoms with E-state index in [9.17, 15) is 4.79 Å². The highest BCUT2D eigenvalue weighted by atomic mass is 35.5. The number of benzene rings is 2. The lowest BCUT2D eigenvalue weighted by atomic mass is 10.0. The Bertz CT molecular complexity index is 1300. The number of hydrogen-bond acceptors (Lipinski definition) is 6. The second-order valence-electron chi connectivity index (χ2n) is 8.06. The van der Waals surface area contributed by atoms with Crippen molar-refractivity contribution in [1.29, 1.82) is 0 Å². The molecule has 0 unspecified atom stereocenters. The number of thiazole rings is 1. The molecule has 5 rings (SSSR count). The van der Waals surface area contributed by atoms with Crippen molar-refractivity contribution in [2.24, 2.45) is 0 Å². The molecule has 0 saturated carbocycles. The van der Waals surface area contributed by atoms with E-state index >= 15 is 0 Å². The summed E-state index contributed by atoms with van der Waals surface area (Å²) in [5, 5.41) is 9.36. The van der Waals surface area contributed by atoms with E-state index in [0.29, 0.717) is 16.3 Å². The SMILES string of the molecule is COc1cc(Cl)ccc1C(=O)NC1CCN(c2nc3c(s2)c(C)nn3-c2ccccc2)CC1. The van der Waals surface area contributed by atoms with Crippen LogP contribution in [0.15, 0.2) is 48.5 Å². The number of aryl methyl sites for hydroxylation is 1. The number of nitrogens with zero attached hydrogens (tertiary/aromatic N) is 4. The van der Waals surface area contributed by atoms with Crippen LogP contribution in [-0.2, 0) is 0 Å². The van der Waals surface area contributed by atoms with E-state index in [1.165, 1.54) is 7.11 Å². The molecule has 0 aliphatic carbocycles. The Kier molecular flexibility index (Phi) is 5.95. The maximum absolute atomic E-state index is 12.8. The summed E-state index contributed by atoms with van der Waals surface area (Å²) in [7, 11) is 1.54. The summed E-state index contributed by atoms with van der Waals surface area (Å²) in [5.41, 5.74) is 3.38. The van der Waals surface area contributed by atoms with E-state index < -0.39 is 0 Å². The van der Waals surface area contributed by atoms with Crippen molar-refractivity contribution in [3.63, 3.8) is 0 Å². The number of halogens is 1. The molecule has 1 fully saturated rings. The summed E-state index contributed by atoms with van der Waals surface area (Å²) in [6.07, 6.45) is 1.70. The van der Waals surface area contributed by atoms with Crippen LogP contribution in [0.4, 0.5) is 5.13 Å². The third kappa shape index (κ3) is 4.28. The Balaban J connectivity index is 1.27. The van der Waals surface area contributed by atoms with Gasteiger partial charge in [0.25, 0.3) is 5.91 Å². The fourth-order valence-corrected chi connectivity index (χ4v) is 5.34. The lowest BCUT2D eigenvalue weighted by molar-refractivity contribution is 0.0928. The molecule has 0 bridgehead atoms. The number of para-hydroxylation sites is 1. The van der Waals surface area contributed by atoms with Crippen molar-refractivity contribution >= 4 is 44.3 Å². The zero-order chi connectivity index (χ0) is 22.9. The molecule has 2 aromatic carbocycles. The topological polar surface area (TPSA) is 72.3 Å². The molecule has 9 heteroatoms. The summed E-state index contributed by atoms with van der Waals surface area (Å²) in [6.45, 7) is 3.68. The molecule has 33 heavy (non-hydrogen) atoms. The van der Waals surface area contributed by atoms with Gasteiger partial charge in [-0.05, 0) is 50.1 Å². The largest absolute Gasteiger partial charge is 0.496 e.